The molecule has 3 N–H and O–H groups in total. The molecule has 0 aliphatic heterocycles. The summed E-state index contributed by atoms with van der Waals surface area (Å²) in [5.41, 5.74) is 6.26. The second kappa shape index (κ2) is 6.51. The van der Waals surface area contributed by atoms with E-state index in [1.165, 1.54) is 11.3 Å². The standard InChI is InChI=1S/C15H19F3N2O2S/c1-7-8(2)23-14(11(7)12(19)21)20-13(22)9-4-3-5-10(6-9)15(16,17)18/h9-10H,3-6H2,1-2H3,(H2,19,21)(H,20,22)/t9-,10-/m1/s1. The molecule has 1 saturated carbocycles. The summed E-state index contributed by atoms with van der Waals surface area (Å²) in [6.07, 6.45) is -3.61. The van der Waals surface area contributed by atoms with Crippen LogP contribution < -0.4 is 11.1 Å². The Morgan fingerprint density at radius 3 is 2.48 bits per heavy atom. The molecule has 2 atom stereocenters. The van der Waals surface area contributed by atoms with E-state index in [-0.39, 0.29) is 18.4 Å². The summed E-state index contributed by atoms with van der Waals surface area (Å²) in [4.78, 5) is 24.7. The summed E-state index contributed by atoms with van der Waals surface area (Å²) in [6.45, 7) is 3.52. The van der Waals surface area contributed by atoms with E-state index in [9.17, 15) is 22.8 Å². The zero-order valence-electron chi connectivity index (χ0n) is 12.9. The highest BCUT2D eigenvalue weighted by molar-refractivity contribution is 7.16. The van der Waals surface area contributed by atoms with Crippen LogP contribution in [0.25, 0.3) is 0 Å². The SMILES string of the molecule is Cc1sc(NC(=O)[C@@H]2CCC[C@@H](C(F)(F)F)C2)c(C(N)=O)c1C. The molecule has 1 heterocycles. The Balaban J connectivity index is 2.14. The van der Waals surface area contributed by atoms with Crippen molar-refractivity contribution in [2.75, 3.05) is 5.32 Å². The van der Waals surface area contributed by atoms with Crippen LogP contribution in [0.2, 0.25) is 0 Å². The van der Waals surface area contributed by atoms with Crippen molar-refractivity contribution in [2.45, 2.75) is 45.7 Å². The van der Waals surface area contributed by atoms with Gasteiger partial charge in [0.2, 0.25) is 5.91 Å². The molecule has 1 aromatic rings. The van der Waals surface area contributed by atoms with Crippen molar-refractivity contribution in [3.8, 4) is 0 Å². The van der Waals surface area contributed by atoms with Crippen LogP contribution in [0.3, 0.4) is 0 Å². The van der Waals surface area contributed by atoms with Crippen LogP contribution in [0.4, 0.5) is 18.2 Å². The van der Waals surface area contributed by atoms with Gasteiger partial charge in [-0.25, -0.2) is 0 Å². The maximum atomic E-state index is 12.8. The van der Waals surface area contributed by atoms with Crippen LogP contribution in [0.15, 0.2) is 0 Å². The summed E-state index contributed by atoms with van der Waals surface area (Å²) >= 11 is 1.21. The van der Waals surface area contributed by atoms with Crippen LogP contribution in [-0.4, -0.2) is 18.0 Å². The Morgan fingerprint density at radius 1 is 1.26 bits per heavy atom. The van der Waals surface area contributed by atoms with Crippen LogP contribution in [0.1, 0.15) is 46.5 Å². The zero-order chi connectivity index (χ0) is 17.4. The molecule has 2 amide bonds. The summed E-state index contributed by atoms with van der Waals surface area (Å²) in [6, 6.07) is 0. The van der Waals surface area contributed by atoms with Crippen LogP contribution in [0, 0.1) is 25.7 Å². The average Bonchev–Trinajstić information content (AvgIpc) is 2.73. The lowest BCUT2D eigenvalue weighted by atomic mass is 9.80. The molecule has 1 aromatic heterocycles. The van der Waals surface area contributed by atoms with Crippen LogP contribution in [0.5, 0.6) is 0 Å². The third-order valence-electron chi connectivity index (χ3n) is 4.38. The third-order valence-corrected chi connectivity index (χ3v) is 5.50. The number of halogens is 3. The first kappa shape index (κ1) is 17.8. The van der Waals surface area contributed by atoms with Crippen LogP contribution in [-0.2, 0) is 4.79 Å². The Kier molecular flexibility index (Phi) is 5.03. The number of alkyl halides is 3. The number of primary amides is 1. The highest BCUT2D eigenvalue weighted by Crippen LogP contribution is 2.41. The lowest BCUT2D eigenvalue weighted by Gasteiger charge is -2.29. The number of nitrogens with one attached hydrogen (secondary N) is 1. The maximum absolute atomic E-state index is 12.8. The molecule has 1 fully saturated rings. The van der Waals surface area contributed by atoms with E-state index in [0.29, 0.717) is 23.4 Å². The van der Waals surface area contributed by atoms with Crippen molar-refractivity contribution in [3.63, 3.8) is 0 Å². The smallest absolute Gasteiger partial charge is 0.365 e. The molecule has 0 radical (unpaired) electrons. The fraction of sp³-hybridized carbons (Fsp3) is 0.600. The van der Waals surface area contributed by atoms with Gasteiger partial charge in [-0.15, -0.1) is 11.3 Å². The first-order valence-electron chi connectivity index (χ1n) is 7.38. The topological polar surface area (TPSA) is 72.2 Å². The van der Waals surface area contributed by atoms with E-state index in [1.54, 1.807) is 13.8 Å². The minimum Gasteiger partial charge on any atom is -0.365 e. The van der Waals surface area contributed by atoms with Gasteiger partial charge >= 0.3 is 6.18 Å². The molecule has 0 spiro atoms. The number of aryl methyl sites for hydroxylation is 1. The second-order valence-electron chi connectivity index (χ2n) is 5.94. The van der Waals surface area contributed by atoms with Gasteiger partial charge in [0.25, 0.3) is 5.91 Å². The van der Waals surface area contributed by atoms with Gasteiger partial charge in [-0.05, 0) is 38.7 Å². The van der Waals surface area contributed by atoms with Gasteiger partial charge < -0.3 is 11.1 Å². The molecule has 1 aliphatic rings. The number of hydrogen-bond acceptors (Lipinski definition) is 3. The fourth-order valence-electron chi connectivity index (χ4n) is 2.95. The van der Waals surface area contributed by atoms with Crippen molar-refractivity contribution < 1.29 is 22.8 Å². The molecule has 0 aromatic carbocycles. The van der Waals surface area contributed by atoms with Crippen molar-refractivity contribution in [3.05, 3.63) is 16.0 Å². The predicted molar refractivity (Wildman–Crippen MR) is 82.4 cm³/mol. The van der Waals surface area contributed by atoms with Crippen LogP contribution >= 0.6 is 11.3 Å². The van der Waals surface area contributed by atoms with Gasteiger partial charge in [0.05, 0.1) is 11.5 Å². The van der Waals surface area contributed by atoms with E-state index in [1.807, 2.05) is 0 Å². The number of rotatable bonds is 3. The highest BCUT2D eigenvalue weighted by Gasteiger charge is 2.43. The summed E-state index contributed by atoms with van der Waals surface area (Å²) in [5.74, 6) is -3.25. The normalized spacial score (nSPS) is 22.0. The van der Waals surface area contributed by atoms with E-state index >= 15 is 0 Å². The van der Waals surface area contributed by atoms with E-state index in [0.717, 1.165) is 4.88 Å². The number of thiophene rings is 1. The molecule has 0 bridgehead atoms. The fourth-order valence-corrected chi connectivity index (χ4v) is 4.02. The monoisotopic (exact) mass is 348 g/mol. The van der Waals surface area contributed by atoms with Gasteiger partial charge in [-0.3, -0.25) is 9.59 Å². The zero-order valence-corrected chi connectivity index (χ0v) is 13.7. The maximum Gasteiger partial charge on any atom is 0.391 e. The number of carbonyl (C=O) groups excluding carboxylic acids is 2. The minimum atomic E-state index is -4.27. The van der Waals surface area contributed by atoms with Gasteiger partial charge in [0.1, 0.15) is 5.00 Å². The summed E-state index contributed by atoms with van der Waals surface area (Å²) < 4.78 is 38.5. The van der Waals surface area contributed by atoms with Gasteiger partial charge in [-0.2, -0.15) is 13.2 Å². The number of hydrogen-bond donors (Lipinski definition) is 2. The highest BCUT2D eigenvalue weighted by atomic mass is 32.1. The van der Waals surface area contributed by atoms with Gasteiger partial charge in [0, 0.05) is 10.8 Å². The van der Waals surface area contributed by atoms with Crippen molar-refractivity contribution >= 4 is 28.2 Å². The largest absolute Gasteiger partial charge is 0.391 e. The lowest BCUT2D eigenvalue weighted by molar-refractivity contribution is -0.185. The summed E-state index contributed by atoms with van der Waals surface area (Å²) in [7, 11) is 0. The first-order chi connectivity index (χ1) is 10.6. The number of anilines is 1. The number of nitrogens with two attached hydrogens (primary N) is 1. The van der Waals surface area contributed by atoms with Crippen molar-refractivity contribution in [1.82, 2.24) is 0 Å². The molecule has 128 valence electrons. The molecule has 1 aliphatic carbocycles. The minimum absolute atomic E-state index is 0.0665. The molecule has 8 heteroatoms. The molecule has 4 nitrogen and oxygen atoms in total. The first-order valence-corrected chi connectivity index (χ1v) is 8.20. The molecule has 2 rings (SSSR count). The van der Waals surface area contributed by atoms with Gasteiger partial charge in [0.15, 0.2) is 0 Å². The van der Waals surface area contributed by atoms with Gasteiger partial charge in [-0.1, -0.05) is 6.42 Å². The molecular formula is C15H19F3N2O2S. The lowest BCUT2D eigenvalue weighted by Crippen LogP contribution is -2.34. The second-order valence-corrected chi connectivity index (χ2v) is 7.17. The van der Waals surface area contributed by atoms with Crippen molar-refractivity contribution in [2.24, 2.45) is 17.6 Å². The average molecular weight is 348 g/mol. The Bertz CT molecular complexity index is 625. The van der Waals surface area contributed by atoms with E-state index in [4.69, 9.17) is 5.73 Å². The molecule has 0 unspecified atom stereocenters. The third kappa shape index (κ3) is 3.85. The summed E-state index contributed by atoms with van der Waals surface area (Å²) in [5, 5.41) is 2.93. The molecule has 0 saturated heterocycles. The Labute approximate surface area is 136 Å². The number of amides is 2. The van der Waals surface area contributed by atoms with E-state index in [2.05, 4.69) is 5.32 Å². The Morgan fingerprint density at radius 2 is 1.91 bits per heavy atom. The molecular weight excluding hydrogens is 329 g/mol. The predicted octanol–water partition coefficient (Wildman–Crippen LogP) is 3.77. The number of carbonyl (C=O) groups is 2. The Hall–Kier alpha value is -1.57. The molecule has 23 heavy (non-hydrogen) atoms. The van der Waals surface area contributed by atoms with Crippen molar-refractivity contribution in [1.29, 1.82) is 0 Å². The van der Waals surface area contributed by atoms with E-state index < -0.39 is 29.8 Å². The quantitative estimate of drug-likeness (QED) is 0.873.